The molecule has 0 aromatic carbocycles. The van der Waals surface area contributed by atoms with E-state index in [1.54, 1.807) is 6.20 Å². The molecule has 0 amide bonds. The Labute approximate surface area is 175 Å². The Morgan fingerprint density at radius 3 is 2.93 bits per heavy atom. The quantitative estimate of drug-likeness (QED) is 0.522. The summed E-state index contributed by atoms with van der Waals surface area (Å²) in [7, 11) is 0. The van der Waals surface area contributed by atoms with E-state index in [0.29, 0.717) is 34.6 Å². The number of carbonyl (C=O) groups excluding carboxylic acids is 1. The summed E-state index contributed by atoms with van der Waals surface area (Å²) in [6.45, 7) is 6.50. The molecule has 6 heteroatoms. The Balaban J connectivity index is 1.49. The minimum Gasteiger partial charge on any atom is -0.466 e. The molecule has 3 heterocycles. The molecule has 0 aliphatic heterocycles. The standard InChI is InChI=1S/C23H27N3O2S/c1-4-17-10-18(7-14(17)2)26-23-20(11-24-13-25-23)22(27)21-9-16(12-29-21)8-19-6-5-15(3)28-19/h5-6,9,11-14,17-18H,4,7-8,10H2,1-3H3,(H,24,25,26)/t14-,17-,18-/m0/s1. The van der Waals surface area contributed by atoms with Gasteiger partial charge in [-0.3, -0.25) is 4.79 Å². The summed E-state index contributed by atoms with van der Waals surface area (Å²) in [4.78, 5) is 22.4. The van der Waals surface area contributed by atoms with Crippen LogP contribution in [0.15, 0.2) is 40.5 Å². The van der Waals surface area contributed by atoms with Crippen molar-refractivity contribution in [2.24, 2.45) is 11.8 Å². The lowest BCUT2D eigenvalue weighted by Crippen LogP contribution is -2.19. The molecule has 0 radical (unpaired) electrons. The highest BCUT2D eigenvalue weighted by atomic mass is 32.1. The third kappa shape index (κ3) is 4.42. The first-order valence-corrected chi connectivity index (χ1v) is 11.2. The van der Waals surface area contributed by atoms with Crippen molar-refractivity contribution in [1.29, 1.82) is 0 Å². The summed E-state index contributed by atoms with van der Waals surface area (Å²) in [6.07, 6.45) is 7.26. The topological polar surface area (TPSA) is 68.0 Å². The molecule has 3 aromatic heterocycles. The molecule has 0 saturated heterocycles. The number of rotatable bonds is 7. The van der Waals surface area contributed by atoms with Gasteiger partial charge < -0.3 is 9.73 Å². The zero-order valence-electron chi connectivity index (χ0n) is 17.1. The van der Waals surface area contributed by atoms with E-state index in [9.17, 15) is 4.79 Å². The van der Waals surface area contributed by atoms with Crippen LogP contribution in [0.25, 0.3) is 0 Å². The molecule has 29 heavy (non-hydrogen) atoms. The van der Waals surface area contributed by atoms with Crippen LogP contribution in [0.3, 0.4) is 0 Å². The first kappa shape index (κ1) is 19.8. The van der Waals surface area contributed by atoms with Gasteiger partial charge in [0.1, 0.15) is 23.7 Å². The summed E-state index contributed by atoms with van der Waals surface area (Å²) in [5, 5.41) is 5.54. The smallest absolute Gasteiger partial charge is 0.208 e. The Kier molecular flexibility index (Phi) is 5.81. The van der Waals surface area contributed by atoms with Gasteiger partial charge in [-0.15, -0.1) is 11.3 Å². The van der Waals surface area contributed by atoms with E-state index in [1.165, 1.54) is 24.1 Å². The van der Waals surface area contributed by atoms with E-state index in [1.807, 2.05) is 30.5 Å². The Bertz CT molecular complexity index is 993. The largest absolute Gasteiger partial charge is 0.466 e. The number of nitrogens with one attached hydrogen (secondary N) is 1. The van der Waals surface area contributed by atoms with Crippen molar-refractivity contribution in [2.75, 3.05) is 5.32 Å². The average Bonchev–Trinajstić information content (AvgIpc) is 3.42. The van der Waals surface area contributed by atoms with Gasteiger partial charge in [0, 0.05) is 18.7 Å². The molecule has 4 rings (SSSR count). The monoisotopic (exact) mass is 409 g/mol. The second-order valence-corrected chi connectivity index (χ2v) is 8.99. The lowest BCUT2D eigenvalue weighted by atomic mass is 9.96. The number of furan rings is 1. The highest BCUT2D eigenvalue weighted by molar-refractivity contribution is 7.12. The number of nitrogens with zero attached hydrogens (tertiary/aromatic N) is 2. The maximum Gasteiger partial charge on any atom is 0.208 e. The van der Waals surface area contributed by atoms with Crippen LogP contribution in [0.4, 0.5) is 5.82 Å². The maximum atomic E-state index is 13.2. The Morgan fingerprint density at radius 2 is 2.21 bits per heavy atom. The van der Waals surface area contributed by atoms with Crippen LogP contribution >= 0.6 is 11.3 Å². The van der Waals surface area contributed by atoms with Crippen molar-refractivity contribution >= 4 is 22.9 Å². The van der Waals surface area contributed by atoms with Gasteiger partial charge in [0.05, 0.1) is 10.4 Å². The van der Waals surface area contributed by atoms with E-state index < -0.39 is 0 Å². The van der Waals surface area contributed by atoms with Crippen molar-refractivity contribution in [3.05, 3.63) is 63.6 Å². The number of thiophene rings is 1. The van der Waals surface area contributed by atoms with Gasteiger partial charge in [-0.1, -0.05) is 20.3 Å². The minimum atomic E-state index is -0.0296. The molecule has 0 bridgehead atoms. The lowest BCUT2D eigenvalue weighted by Gasteiger charge is -2.15. The van der Waals surface area contributed by atoms with Crippen LogP contribution in [0.1, 0.15) is 65.4 Å². The fourth-order valence-corrected chi connectivity index (χ4v) is 5.19. The molecular formula is C23H27N3O2S. The third-order valence-electron chi connectivity index (χ3n) is 5.92. The first-order chi connectivity index (χ1) is 14.0. The summed E-state index contributed by atoms with van der Waals surface area (Å²) in [5.74, 6) is 3.86. The number of hydrogen-bond donors (Lipinski definition) is 1. The summed E-state index contributed by atoms with van der Waals surface area (Å²) in [5.41, 5.74) is 1.62. The van der Waals surface area contributed by atoms with E-state index in [2.05, 4.69) is 29.1 Å². The fourth-order valence-electron chi connectivity index (χ4n) is 4.33. The zero-order chi connectivity index (χ0) is 20.4. The van der Waals surface area contributed by atoms with Crippen LogP contribution in [-0.4, -0.2) is 21.8 Å². The second kappa shape index (κ2) is 8.49. The van der Waals surface area contributed by atoms with Gasteiger partial charge in [0.25, 0.3) is 0 Å². The van der Waals surface area contributed by atoms with Gasteiger partial charge >= 0.3 is 0 Å². The number of aryl methyl sites for hydroxylation is 1. The second-order valence-electron chi connectivity index (χ2n) is 8.08. The molecule has 1 saturated carbocycles. The molecule has 5 nitrogen and oxygen atoms in total. The molecule has 0 spiro atoms. The predicted molar refractivity (Wildman–Crippen MR) is 116 cm³/mol. The van der Waals surface area contributed by atoms with Crippen LogP contribution in [0.2, 0.25) is 0 Å². The summed E-state index contributed by atoms with van der Waals surface area (Å²) in [6, 6.07) is 6.25. The van der Waals surface area contributed by atoms with Crippen molar-refractivity contribution in [3.63, 3.8) is 0 Å². The van der Waals surface area contributed by atoms with Crippen molar-refractivity contribution in [3.8, 4) is 0 Å². The number of anilines is 1. The molecular weight excluding hydrogens is 382 g/mol. The van der Waals surface area contributed by atoms with Gasteiger partial charge in [-0.2, -0.15) is 0 Å². The molecule has 1 N–H and O–H groups in total. The highest BCUT2D eigenvalue weighted by Gasteiger charge is 2.31. The summed E-state index contributed by atoms with van der Waals surface area (Å²) < 4.78 is 5.65. The molecule has 1 aliphatic rings. The van der Waals surface area contributed by atoms with Gasteiger partial charge in [0.15, 0.2) is 0 Å². The van der Waals surface area contributed by atoms with E-state index in [4.69, 9.17) is 4.42 Å². The van der Waals surface area contributed by atoms with Crippen LogP contribution in [-0.2, 0) is 6.42 Å². The molecule has 1 fully saturated rings. The molecule has 3 aromatic rings. The van der Waals surface area contributed by atoms with Crippen LogP contribution in [0, 0.1) is 18.8 Å². The third-order valence-corrected chi connectivity index (χ3v) is 6.90. The Hall–Kier alpha value is -2.47. The van der Waals surface area contributed by atoms with Gasteiger partial charge in [-0.25, -0.2) is 9.97 Å². The van der Waals surface area contributed by atoms with Crippen LogP contribution in [0.5, 0.6) is 0 Å². The number of carbonyl (C=O) groups is 1. The van der Waals surface area contributed by atoms with E-state index in [-0.39, 0.29) is 5.78 Å². The summed E-state index contributed by atoms with van der Waals surface area (Å²) >= 11 is 1.46. The van der Waals surface area contributed by atoms with Gasteiger partial charge in [0.2, 0.25) is 5.78 Å². The predicted octanol–water partition coefficient (Wildman–Crippen LogP) is 5.50. The van der Waals surface area contributed by atoms with Crippen molar-refractivity contribution in [1.82, 2.24) is 9.97 Å². The minimum absolute atomic E-state index is 0.0296. The van der Waals surface area contributed by atoms with Crippen molar-refractivity contribution in [2.45, 2.75) is 52.5 Å². The average molecular weight is 410 g/mol. The van der Waals surface area contributed by atoms with E-state index >= 15 is 0 Å². The molecule has 3 atom stereocenters. The number of aromatic nitrogens is 2. The zero-order valence-corrected chi connectivity index (χ0v) is 18.0. The highest BCUT2D eigenvalue weighted by Crippen LogP contribution is 2.35. The van der Waals surface area contributed by atoms with E-state index in [0.717, 1.165) is 35.8 Å². The Morgan fingerprint density at radius 1 is 1.34 bits per heavy atom. The lowest BCUT2D eigenvalue weighted by molar-refractivity contribution is 0.104. The fraction of sp³-hybridized carbons (Fsp3) is 0.435. The molecule has 152 valence electrons. The molecule has 1 aliphatic carbocycles. The normalized spacial score (nSPS) is 21.4. The maximum absolute atomic E-state index is 13.2. The van der Waals surface area contributed by atoms with Crippen molar-refractivity contribution < 1.29 is 9.21 Å². The number of hydrogen-bond acceptors (Lipinski definition) is 6. The van der Waals surface area contributed by atoms with Gasteiger partial charge in [-0.05, 0) is 60.7 Å². The number of ketones is 1. The molecule has 0 unspecified atom stereocenters. The first-order valence-electron chi connectivity index (χ1n) is 10.3. The van der Waals surface area contributed by atoms with Crippen LogP contribution < -0.4 is 5.32 Å². The SMILES string of the molecule is CC[C@H]1C[C@@H](Nc2ncncc2C(=O)c2cc(Cc3ccc(C)o3)cs2)C[C@@H]1C.